The van der Waals surface area contributed by atoms with Crippen molar-refractivity contribution in [3.63, 3.8) is 0 Å². The summed E-state index contributed by atoms with van der Waals surface area (Å²) in [4.78, 5) is 34.6. The number of carbonyl (C=O) groups excluding carboxylic acids is 2. The Bertz CT molecular complexity index is 1310. The molecule has 2 fully saturated rings. The van der Waals surface area contributed by atoms with Crippen molar-refractivity contribution in [1.29, 1.82) is 0 Å². The van der Waals surface area contributed by atoms with Crippen LogP contribution in [0.1, 0.15) is 120 Å². The summed E-state index contributed by atoms with van der Waals surface area (Å²) in [6.45, 7) is 12.9. The third-order valence-electron chi connectivity index (χ3n) is 9.45. The van der Waals surface area contributed by atoms with E-state index in [-0.39, 0.29) is 29.4 Å². The minimum absolute atomic E-state index is 0.0152. The van der Waals surface area contributed by atoms with Crippen LogP contribution in [0.4, 0.5) is 0 Å². The van der Waals surface area contributed by atoms with Gasteiger partial charge in [-0.25, -0.2) is 4.79 Å². The number of rotatable bonds is 8. The average Bonchev–Trinajstić information content (AvgIpc) is 3.60. The lowest BCUT2D eigenvalue weighted by Crippen LogP contribution is -2.51. The molecule has 2 aromatic carbocycles. The Hall–Kier alpha value is -2.47. The lowest BCUT2D eigenvalue weighted by molar-refractivity contribution is -0.133. The first-order valence-electron chi connectivity index (χ1n) is 15.3. The van der Waals surface area contributed by atoms with E-state index in [0.29, 0.717) is 22.6 Å². The fourth-order valence-electron chi connectivity index (χ4n) is 6.74. The molecule has 6 heteroatoms. The van der Waals surface area contributed by atoms with Gasteiger partial charge in [0.05, 0.1) is 17.7 Å². The fraction of sp³-hybridized carbons (Fsp3) is 0.571. The summed E-state index contributed by atoms with van der Waals surface area (Å²) < 4.78 is 6.37. The van der Waals surface area contributed by atoms with Crippen LogP contribution in [0.5, 0.6) is 0 Å². The zero-order valence-corrected chi connectivity index (χ0v) is 27.1. The van der Waals surface area contributed by atoms with Crippen LogP contribution in [0.3, 0.4) is 0 Å². The van der Waals surface area contributed by atoms with Crippen molar-refractivity contribution < 1.29 is 14.3 Å². The summed E-state index contributed by atoms with van der Waals surface area (Å²) in [5.74, 6) is 0.398. The average molecular weight is 622 g/mol. The smallest absolute Gasteiger partial charge is 0.338 e. The predicted molar refractivity (Wildman–Crippen MR) is 168 cm³/mol. The molecule has 0 bridgehead atoms. The first-order chi connectivity index (χ1) is 19.3. The summed E-state index contributed by atoms with van der Waals surface area (Å²) in [6.07, 6.45) is 8.23. The molecule has 3 aliphatic rings. The van der Waals surface area contributed by atoms with Gasteiger partial charge in [-0.2, -0.15) is 0 Å². The third-order valence-corrected chi connectivity index (χ3v) is 9.95. The lowest BCUT2D eigenvalue weighted by Gasteiger charge is -2.46. The number of amides is 1. The second-order valence-electron chi connectivity index (χ2n) is 14.2. The summed E-state index contributed by atoms with van der Waals surface area (Å²) in [5, 5.41) is 0. The van der Waals surface area contributed by atoms with Crippen LogP contribution in [0.15, 0.2) is 58.0 Å². The molecular formula is C35H45BrN2O3. The van der Waals surface area contributed by atoms with E-state index in [1.54, 1.807) is 0 Å². The molecule has 5 rings (SSSR count). The Labute approximate surface area is 254 Å². The summed E-state index contributed by atoms with van der Waals surface area (Å²) >= 11 is 3.60. The highest BCUT2D eigenvalue weighted by Crippen LogP contribution is 2.58. The van der Waals surface area contributed by atoms with Gasteiger partial charge in [0.1, 0.15) is 11.4 Å². The topological polar surface area (TPSA) is 59.0 Å². The van der Waals surface area contributed by atoms with Gasteiger partial charge >= 0.3 is 5.97 Å². The predicted octanol–water partition coefficient (Wildman–Crippen LogP) is 8.90. The molecule has 0 unspecified atom stereocenters. The van der Waals surface area contributed by atoms with Gasteiger partial charge in [0, 0.05) is 10.0 Å². The first kappa shape index (κ1) is 30.0. The summed E-state index contributed by atoms with van der Waals surface area (Å²) in [5.41, 5.74) is 3.05. The van der Waals surface area contributed by atoms with Crippen LogP contribution in [0.25, 0.3) is 0 Å². The molecule has 1 heterocycles. The fourth-order valence-corrected chi connectivity index (χ4v) is 7.14. The van der Waals surface area contributed by atoms with Crippen molar-refractivity contribution in [1.82, 2.24) is 4.90 Å². The van der Waals surface area contributed by atoms with Crippen LogP contribution >= 0.6 is 15.9 Å². The number of hydrogen-bond acceptors (Lipinski definition) is 4. The molecule has 1 atom stereocenters. The Morgan fingerprint density at radius 2 is 1.73 bits per heavy atom. The van der Waals surface area contributed by atoms with Gasteiger partial charge in [0.2, 0.25) is 0 Å². The normalized spacial score (nSPS) is 24.5. The van der Waals surface area contributed by atoms with Crippen molar-refractivity contribution in [3.05, 3.63) is 69.7 Å². The van der Waals surface area contributed by atoms with Crippen molar-refractivity contribution >= 4 is 33.5 Å². The molecule has 0 N–H and O–H groups in total. The highest BCUT2D eigenvalue weighted by Gasteiger charge is 2.55. The molecule has 0 saturated heterocycles. The van der Waals surface area contributed by atoms with Gasteiger partial charge in [-0.1, -0.05) is 67.9 Å². The number of nitrogens with zero attached hydrogens (tertiary/aromatic N) is 2. The van der Waals surface area contributed by atoms with E-state index in [0.717, 1.165) is 54.1 Å². The van der Waals surface area contributed by atoms with Crippen LogP contribution in [0, 0.1) is 16.7 Å². The number of ether oxygens (including phenoxy) is 1. The number of benzene rings is 2. The minimum atomic E-state index is -0.547. The monoisotopic (exact) mass is 620 g/mol. The summed E-state index contributed by atoms with van der Waals surface area (Å²) in [6, 6.07) is 15.5. The van der Waals surface area contributed by atoms with Crippen LogP contribution < -0.4 is 0 Å². The third kappa shape index (κ3) is 6.48. The van der Waals surface area contributed by atoms with Gasteiger partial charge in [-0.05, 0) is 112 Å². The number of aliphatic imine (C=N–C) groups is 1. The van der Waals surface area contributed by atoms with E-state index >= 15 is 0 Å². The van der Waals surface area contributed by atoms with Crippen molar-refractivity contribution in [2.75, 3.05) is 0 Å². The highest BCUT2D eigenvalue weighted by atomic mass is 79.9. The van der Waals surface area contributed by atoms with Gasteiger partial charge in [-0.3, -0.25) is 9.79 Å². The lowest BCUT2D eigenvalue weighted by atomic mass is 9.73. The molecule has 0 aromatic heterocycles. The molecule has 2 saturated carbocycles. The Morgan fingerprint density at radius 3 is 2.29 bits per heavy atom. The van der Waals surface area contributed by atoms with Crippen LogP contribution in [-0.4, -0.2) is 34.3 Å². The first-order valence-corrected chi connectivity index (χ1v) is 16.1. The molecule has 0 radical (unpaired) electrons. The van der Waals surface area contributed by atoms with Crippen LogP contribution in [0.2, 0.25) is 0 Å². The molecule has 1 spiro atoms. The Morgan fingerprint density at radius 1 is 1.07 bits per heavy atom. The van der Waals surface area contributed by atoms with Crippen molar-refractivity contribution in [2.24, 2.45) is 21.7 Å². The number of hydrogen-bond donors (Lipinski definition) is 0. The maximum atomic E-state index is 14.5. The molecule has 41 heavy (non-hydrogen) atoms. The maximum Gasteiger partial charge on any atom is 0.338 e. The quantitative estimate of drug-likeness (QED) is 0.277. The van der Waals surface area contributed by atoms with E-state index in [2.05, 4.69) is 48.5 Å². The van der Waals surface area contributed by atoms with E-state index < -0.39 is 5.66 Å². The summed E-state index contributed by atoms with van der Waals surface area (Å²) in [7, 11) is 0. The molecule has 5 nitrogen and oxygen atoms in total. The molecule has 1 aliphatic heterocycles. The van der Waals surface area contributed by atoms with Gasteiger partial charge in [0.25, 0.3) is 5.91 Å². The number of esters is 1. The van der Waals surface area contributed by atoms with Crippen molar-refractivity contribution in [3.8, 4) is 0 Å². The van der Waals surface area contributed by atoms with E-state index in [1.165, 1.54) is 12.8 Å². The Balaban J connectivity index is 1.53. The van der Waals surface area contributed by atoms with E-state index in [4.69, 9.17) is 9.73 Å². The van der Waals surface area contributed by atoms with E-state index in [9.17, 15) is 9.59 Å². The van der Waals surface area contributed by atoms with Gasteiger partial charge in [-0.15, -0.1) is 0 Å². The zero-order chi connectivity index (χ0) is 29.6. The standard InChI is InChI=1S/C35H45BrN2O3/c1-23(2)41-32(40)25-12-10-24(11-13-25)29(16-17-33(3,4)5)38-31(39)30(26-8-7-9-28(36)22-26)37-35(38)18-14-27(15-19-35)34(6)20-21-34/h7-13,22-23,27,29H,14-21H2,1-6H3/t27?,29-,35?/m1/s1. The van der Waals surface area contributed by atoms with Crippen molar-refractivity contribution in [2.45, 2.75) is 111 Å². The molecule has 1 amide bonds. The molecule has 220 valence electrons. The highest BCUT2D eigenvalue weighted by molar-refractivity contribution is 9.10. The largest absolute Gasteiger partial charge is 0.459 e. The number of carbonyl (C=O) groups is 2. The van der Waals surface area contributed by atoms with Gasteiger partial charge < -0.3 is 9.64 Å². The van der Waals surface area contributed by atoms with E-state index in [1.807, 2.05) is 62.4 Å². The SMILES string of the molecule is CC(C)OC(=O)c1ccc([C@@H](CCC(C)(C)C)N2C(=O)C(c3cccc(Br)c3)=NC23CCC(C2(C)CC2)CC3)cc1. The van der Waals surface area contributed by atoms with Crippen LogP contribution in [-0.2, 0) is 9.53 Å². The van der Waals surface area contributed by atoms with Gasteiger partial charge in [0.15, 0.2) is 0 Å². The molecule has 2 aromatic rings. The number of halogens is 1. The maximum absolute atomic E-state index is 14.5. The minimum Gasteiger partial charge on any atom is -0.459 e. The Kier molecular flexibility index (Phi) is 8.28. The zero-order valence-electron chi connectivity index (χ0n) is 25.5. The second kappa shape index (κ2) is 11.3. The second-order valence-corrected chi connectivity index (χ2v) is 15.2. The molecule has 2 aliphatic carbocycles. The molecular weight excluding hydrogens is 576 g/mol.